The summed E-state index contributed by atoms with van der Waals surface area (Å²) in [5.74, 6) is 0.108. The molecule has 2 aliphatic carbocycles. The van der Waals surface area contributed by atoms with E-state index in [1.165, 1.54) is 12.5 Å². The van der Waals surface area contributed by atoms with Gasteiger partial charge < -0.3 is 5.32 Å². The van der Waals surface area contributed by atoms with E-state index in [9.17, 15) is 9.18 Å². The van der Waals surface area contributed by atoms with E-state index in [1.807, 2.05) is 6.07 Å². The van der Waals surface area contributed by atoms with Crippen molar-refractivity contribution in [3.63, 3.8) is 0 Å². The average Bonchev–Trinajstić information content (AvgIpc) is 3.21. The molecule has 1 aromatic rings. The van der Waals surface area contributed by atoms with Gasteiger partial charge in [0.25, 0.3) is 0 Å². The number of halogens is 1. The van der Waals surface area contributed by atoms with Crippen LogP contribution in [0.25, 0.3) is 0 Å². The Morgan fingerprint density at radius 1 is 1.21 bits per heavy atom. The molecular weight excluding hydrogens is 241 g/mol. The predicted octanol–water partition coefficient (Wildman–Crippen LogP) is 3.51. The maximum Gasteiger partial charge on any atom is 0.223 e. The maximum absolute atomic E-state index is 13.3. The first kappa shape index (κ1) is 12.6. The van der Waals surface area contributed by atoms with E-state index in [4.69, 9.17) is 0 Å². The molecule has 102 valence electrons. The van der Waals surface area contributed by atoms with Crippen LogP contribution < -0.4 is 5.32 Å². The quantitative estimate of drug-likeness (QED) is 0.886. The first-order valence-electron chi connectivity index (χ1n) is 7.28. The van der Waals surface area contributed by atoms with Gasteiger partial charge in [-0.1, -0.05) is 31.4 Å². The molecule has 0 radical (unpaired) electrons. The van der Waals surface area contributed by atoms with Crippen LogP contribution in [-0.4, -0.2) is 5.91 Å². The summed E-state index contributed by atoms with van der Waals surface area (Å²) in [5.41, 5.74) is 0.632. The maximum atomic E-state index is 13.3. The minimum atomic E-state index is -0.281. The summed E-state index contributed by atoms with van der Waals surface area (Å²) >= 11 is 0. The van der Waals surface area contributed by atoms with Crippen molar-refractivity contribution in [3.8, 4) is 0 Å². The number of rotatable bonds is 3. The normalized spacial score (nSPS) is 21.9. The third-order valence-corrected chi connectivity index (χ3v) is 4.47. The van der Waals surface area contributed by atoms with Crippen molar-refractivity contribution in [2.24, 2.45) is 5.92 Å². The second kappa shape index (κ2) is 4.95. The minimum absolute atomic E-state index is 0.166. The Hall–Kier alpha value is -1.38. The number of carbonyl (C=O) groups excluding carboxylic acids is 1. The predicted molar refractivity (Wildman–Crippen MR) is 72.0 cm³/mol. The van der Waals surface area contributed by atoms with E-state index in [-0.39, 0.29) is 23.2 Å². The molecule has 0 saturated heterocycles. The van der Waals surface area contributed by atoms with Crippen molar-refractivity contribution in [3.05, 3.63) is 35.6 Å². The number of hydrogen-bond acceptors (Lipinski definition) is 1. The highest BCUT2D eigenvalue weighted by molar-refractivity contribution is 5.80. The summed E-state index contributed by atoms with van der Waals surface area (Å²) in [6.45, 7) is 0. The van der Waals surface area contributed by atoms with Crippen LogP contribution in [0, 0.1) is 11.7 Å². The molecule has 2 saturated carbocycles. The molecule has 0 unspecified atom stereocenters. The van der Waals surface area contributed by atoms with Gasteiger partial charge in [0.05, 0.1) is 5.54 Å². The number of benzene rings is 1. The summed E-state index contributed by atoms with van der Waals surface area (Å²) in [6.07, 6.45) is 7.43. The molecule has 1 N–H and O–H groups in total. The molecule has 0 aliphatic heterocycles. The number of carbonyl (C=O) groups is 1. The van der Waals surface area contributed by atoms with Crippen LogP contribution in [0.5, 0.6) is 0 Å². The largest absolute Gasteiger partial charge is 0.346 e. The van der Waals surface area contributed by atoms with E-state index in [0.29, 0.717) is 0 Å². The zero-order valence-electron chi connectivity index (χ0n) is 11.1. The Morgan fingerprint density at radius 2 is 1.95 bits per heavy atom. The lowest BCUT2D eigenvalue weighted by Crippen LogP contribution is -2.39. The van der Waals surface area contributed by atoms with Gasteiger partial charge in [-0.05, 0) is 43.4 Å². The molecule has 1 amide bonds. The average molecular weight is 261 g/mol. The van der Waals surface area contributed by atoms with Crippen molar-refractivity contribution in [2.75, 3.05) is 0 Å². The fourth-order valence-corrected chi connectivity index (χ4v) is 3.10. The highest BCUT2D eigenvalue weighted by atomic mass is 19.1. The Labute approximate surface area is 113 Å². The van der Waals surface area contributed by atoms with Crippen LogP contribution in [0.4, 0.5) is 4.39 Å². The Balaban J connectivity index is 1.70. The second-order valence-electron chi connectivity index (χ2n) is 5.92. The summed E-state index contributed by atoms with van der Waals surface area (Å²) in [6, 6.07) is 6.63. The van der Waals surface area contributed by atoms with Crippen LogP contribution in [0.3, 0.4) is 0 Å². The van der Waals surface area contributed by atoms with Gasteiger partial charge >= 0.3 is 0 Å². The Kier molecular flexibility index (Phi) is 3.29. The molecule has 2 aliphatic rings. The minimum Gasteiger partial charge on any atom is -0.346 e. The third kappa shape index (κ3) is 2.65. The molecule has 0 bridgehead atoms. The molecule has 3 heteroatoms. The van der Waals surface area contributed by atoms with E-state index >= 15 is 0 Å². The topological polar surface area (TPSA) is 29.1 Å². The second-order valence-corrected chi connectivity index (χ2v) is 5.92. The van der Waals surface area contributed by atoms with Crippen molar-refractivity contribution < 1.29 is 9.18 Å². The molecule has 0 spiro atoms. The van der Waals surface area contributed by atoms with Gasteiger partial charge in [-0.25, -0.2) is 4.39 Å². The molecule has 0 heterocycles. The fraction of sp³-hybridized carbons (Fsp3) is 0.562. The van der Waals surface area contributed by atoms with Gasteiger partial charge in [0.15, 0.2) is 0 Å². The molecule has 3 rings (SSSR count). The van der Waals surface area contributed by atoms with Crippen LogP contribution in [0.1, 0.15) is 50.5 Å². The Bertz CT molecular complexity index is 475. The van der Waals surface area contributed by atoms with Gasteiger partial charge in [-0.15, -0.1) is 0 Å². The highest BCUT2D eigenvalue weighted by Gasteiger charge is 2.46. The lowest BCUT2D eigenvalue weighted by molar-refractivity contribution is -0.127. The van der Waals surface area contributed by atoms with E-state index < -0.39 is 0 Å². The van der Waals surface area contributed by atoms with Gasteiger partial charge in [0, 0.05) is 5.92 Å². The summed E-state index contributed by atoms with van der Waals surface area (Å²) in [5, 5.41) is 3.18. The fourth-order valence-electron chi connectivity index (χ4n) is 3.10. The number of nitrogens with one attached hydrogen (secondary N) is 1. The van der Waals surface area contributed by atoms with E-state index in [0.717, 1.165) is 44.1 Å². The van der Waals surface area contributed by atoms with Gasteiger partial charge in [-0.2, -0.15) is 0 Å². The lowest BCUT2D eigenvalue weighted by atomic mass is 9.88. The standard InChI is InChI=1S/C16H20FNO/c17-14-8-4-7-13(11-14)16(9-10-16)18-15(19)12-5-2-1-3-6-12/h4,7-8,11-12H,1-3,5-6,9-10H2,(H,18,19). The lowest BCUT2D eigenvalue weighted by Gasteiger charge is -2.25. The molecule has 19 heavy (non-hydrogen) atoms. The summed E-state index contributed by atoms with van der Waals surface area (Å²) in [7, 11) is 0. The van der Waals surface area contributed by atoms with Gasteiger partial charge in [-0.3, -0.25) is 4.79 Å². The highest BCUT2D eigenvalue weighted by Crippen LogP contribution is 2.46. The van der Waals surface area contributed by atoms with Gasteiger partial charge in [0.2, 0.25) is 5.91 Å². The van der Waals surface area contributed by atoms with Crippen LogP contribution in [-0.2, 0) is 10.3 Å². The van der Waals surface area contributed by atoms with Crippen molar-refractivity contribution in [1.29, 1.82) is 0 Å². The zero-order chi connectivity index (χ0) is 13.3. The third-order valence-electron chi connectivity index (χ3n) is 4.47. The summed E-state index contributed by atoms with van der Waals surface area (Å²) in [4.78, 5) is 12.3. The van der Waals surface area contributed by atoms with E-state index in [2.05, 4.69) is 5.32 Å². The van der Waals surface area contributed by atoms with Crippen molar-refractivity contribution in [1.82, 2.24) is 5.32 Å². The van der Waals surface area contributed by atoms with Gasteiger partial charge in [0.1, 0.15) is 5.82 Å². The van der Waals surface area contributed by atoms with Crippen molar-refractivity contribution >= 4 is 5.91 Å². The van der Waals surface area contributed by atoms with Crippen LogP contribution >= 0.6 is 0 Å². The SMILES string of the molecule is O=C(NC1(c2cccc(F)c2)CC1)C1CCCCC1. The zero-order valence-corrected chi connectivity index (χ0v) is 11.1. The first-order valence-corrected chi connectivity index (χ1v) is 7.28. The molecule has 2 fully saturated rings. The monoisotopic (exact) mass is 261 g/mol. The molecule has 0 aromatic heterocycles. The Morgan fingerprint density at radius 3 is 2.58 bits per heavy atom. The van der Waals surface area contributed by atoms with Crippen LogP contribution in [0.2, 0.25) is 0 Å². The molecule has 1 aromatic carbocycles. The van der Waals surface area contributed by atoms with E-state index in [1.54, 1.807) is 12.1 Å². The molecule has 0 atom stereocenters. The first-order chi connectivity index (χ1) is 9.20. The van der Waals surface area contributed by atoms with Crippen LogP contribution in [0.15, 0.2) is 24.3 Å². The van der Waals surface area contributed by atoms with Crippen molar-refractivity contribution in [2.45, 2.75) is 50.5 Å². The summed E-state index contributed by atoms with van der Waals surface area (Å²) < 4.78 is 13.3. The molecular formula is C16H20FNO. The molecule has 2 nitrogen and oxygen atoms in total. The number of hydrogen-bond donors (Lipinski definition) is 1. The number of amides is 1. The smallest absolute Gasteiger partial charge is 0.223 e.